The van der Waals surface area contributed by atoms with Crippen molar-refractivity contribution < 1.29 is 4.74 Å². The van der Waals surface area contributed by atoms with Crippen LogP contribution in [0.15, 0.2) is 24.3 Å². The van der Waals surface area contributed by atoms with Crippen LogP contribution in [0.4, 0.5) is 0 Å². The predicted octanol–water partition coefficient (Wildman–Crippen LogP) is 2.94. The molecule has 0 radical (unpaired) electrons. The lowest BCUT2D eigenvalue weighted by Gasteiger charge is -2.25. The van der Waals surface area contributed by atoms with Gasteiger partial charge in [0, 0.05) is 24.2 Å². The highest BCUT2D eigenvalue weighted by Gasteiger charge is 2.26. The summed E-state index contributed by atoms with van der Waals surface area (Å²) in [5.74, 6) is 1.68. The molecule has 116 valence electrons. The largest absolute Gasteiger partial charge is 0.497 e. The highest BCUT2D eigenvalue weighted by Crippen LogP contribution is 2.39. The van der Waals surface area contributed by atoms with Gasteiger partial charge in [-0.1, -0.05) is 6.07 Å². The third kappa shape index (κ3) is 2.88. The number of aryl methyl sites for hydroxylation is 1. The van der Waals surface area contributed by atoms with Crippen LogP contribution < -0.4 is 10.1 Å². The number of methoxy groups -OCH3 is 1. The van der Waals surface area contributed by atoms with Crippen LogP contribution in [0.5, 0.6) is 5.75 Å². The number of rotatable bonds is 5. The highest BCUT2D eigenvalue weighted by molar-refractivity contribution is 5.37. The molecule has 22 heavy (non-hydrogen) atoms. The number of aromatic nitrogens is 2. The van der Waals surface area contributed by atoms with Crippen molar-refractivity contribution in [1.29, 1.82) is 0 Å². The number of nitrogens with zero attached hydrogens (tertiary/aromatic N) is 1. The Balaban J connectivity index is 1.37. The van der Waals surface area contributed by atoms with Gasteiger partial charge in [0.1, 0.15) is 5.75 Å². The van der Waals surface area contributed by atoms with Gasteiger partial charge in [-0.05, 0) is 61.4 Å². The summed E-state index contributed by atoms with van der Waals surface area (Å²) in [7, 11) is 1.73. The predicted molar refractivity (Wildman–Crippen MR) is 86.2 cm³/mol. The van der Waals surface area contributed by atoms with E-state index >= 15 is 0 Å². The molecule has 1 heterocycles. The minimum atomic E-state index is 0.535. The number of hydrogen-bond donors (Lipinski definition) is 2. The molecule has 0 spiro atoms. The fourth-order valence-electron chi connectivity index (χ4n) is 3.35. The van der Waals surface area contributed by atoms with Crippen LogP contribution in [0.25, 0.3) is 0 Å². The minimum Gasteiger partial charge on any atom is -0.497 e. The van der Waals surface area contributed by atoms with E-state index in [1.54, 1.807) is 7.11 Å². The Morgan fingerprint density at radius 1 is 1.23 bits per heavy atom. The Morgan fingerprint density at radius 3 is 2.95 bits per heavy atom. The summed E-state index contributed by atoms with van der Waals surface area (Å²) >= 11 is 0. The molecule has 0 amide bonds. The van der Waals surface area contributed by atoms with E-state index in [0.717, 1.165) is 31.1 Å². The van der Waals surface area contributed by atoms with Gasteiger partial charge in [0.15, 0.2) is 0 Å². The fourth-order valence-corrected chi connectivity index (χ4v) is 3.35. The first-order valence-electron chi connectivity index (χ1n) is 8.25. The number of benzene rings is 1. The molecule has 0 aliphatic heterocycles. The number of hydrogen-bond acceptors (Lipinski definition) is 3. The number of fused-ring (bicyclic) bond motifs is 1. The molecule has 4 rings (SSSR count). The van der Waals surface area contributed by atoms with E-state index in [0.29, 0.717) is 6.04 Å². The summed E-state index contributed by atoms with van der Waals surface area (Å²) < 4.78 is 5.34. The summed E-state index contributed by atoms with van der Waals surface area (Å²) in [5.41, 5.74) is 5.34. The molecule has 1 aromatic carbocycles. The maximum atomic E-state index is 5.34. The van der Waals surface area contributed by atoms with Gasteiger partial charge in [0.2, 0.25) is 0 Å². The van der Waals surface area contributed by atoms with Gasteiger partial charge in [0.05, 0.1) is 12.8 Å². The standard InChI is InChI=1S/C18H23N3O/c1-22-17-7-5-12-4-6-15(8-14(12)9-17)19-11-16-10-18(21-20-16)13-2-3-13/h5,7,9-10,13,15,19H,2-4,6,8,11H2,1H3,(H,20,21). The van der Waals surface area contributed by atoms with E-state index in [9.17, 15) is 0 Å². The zero-order valence-electron chi connectivity index (χ0n) is 13.1. The van der Waals surface area contributed by atoms with Crippen molar-refractivity contribution in [3.8, 4) is 5.75 Å². The molecular formula is C18H23N3O. The van der Waals surface area contributed by atoms with Crippen molar-refractivity contribution >= 4 is 0 Å². The first kappa shape index (κ1) is 13.8. The number of H-pyrrole nitrogens is 1. The second-order valence-corrected chi connectivity index (χ2v) is 6.55. The molecule has 0 saturated heterocycles. The number of nitrogens with one attached hydrogen (secondary N) is 2. The van der Waals surface area contributed by atoms with Crippen LogP contribution in [0.3, 0.4) is 0 Å². The van der Waals surface area contributed by atoms with E-state index < -0.39 is 0 Å². The molecule has 1 aromatic heterocycles. The van der Waals surface area contributed by atoms with Gasteiger partial charge in [-0.15, -0.1) is 0 Å². The van der Waals surface area contributed by atoms with E-state index in [2.05, 4.69) is 39.8 Å². The van der Waals surface area contributed by atoms with Crippen molar-refractivity contribution in [2.45, 2.75) is 50.6 Å². The molecule has 0 bridgehead atoms. The molecule has 2 aliphatic carbocycles. The van der Waals surface area contributed by atoms with Crippen LogP contribution in [-0.2, 0) is 19.4 Å². The monoisotopic (exact) mass is 297 g/mol. The molecule has 4 nitrogen and oxygen atoms in total. The summed E-state index contributed by atoms with van der Waals surface area (Å²) in [6.45, 7) is 0.879. The lowest BCUT2D eigenvalue weighted by Crippen LogP contribution is -2.34. The average Bonchev–Trinajstić information content (AvgIpc) is 3.31. The van der Waals surface area contributed by atoms with Crippen molar-refractivity contribution in [2.75, 3.05) is 7.11 Å². The van der Waals surface area contributed by atoms with Crippen LogP contribution in [-0.4, -0.2) is 23.3 Å². The molecule has 2 aliphatic rings. The van der Waals surface area contributed by atoms with Crippen molar-refractivity contribution in [3.63, 3.8) is 0 Å². The van der Waals surface area contributed by atoms with Crippen LogP contribution in [0, 0.1) is 0 Å². The molecule has 1 atom stereocenters. The second-order valence-electron chi connectivity index (χ2n) is 6.55. The smallest absolute Gasteiger partial charge is 0.119 e. The molecular weight excluding hydrogens is 274 g/mol. The Morgan fingerprint density at radius 2 is 2.14 bits per heavy atom. The molecule has 1 saturated carbocycles. The Kier molecular flexibility index (Phi) is 3.62. The van der Waals surface area contributed by atoms with Crippen LogP contribution >= 0.6 is 0 Å². The minimum absolute atomic E-state index is 0.535. The zero-order chi connectivity index (χ0) is 14.9. The number of aromatic amines is 1. The summed E-state index contributed by atoms with van der Waals surface area (Å²) in [4.78, 5) is 0. The highest BCUT2D eigenvalue weighted by atomic mass is 16.5. The van der Waals surface area contributed by atoms with E-state index in [1.807, 2.05) is 0 Å². The van der Waals surface area contributed by atoms with Gasteiger partial charge in [-0.3, -0.25) is 5.10 Å². The maximum Gasteiger partial charge on any atom is 0.119 e. The zero-order valence-corrected chi connectivity index (χ0v) is 13.1. The van der Waals surface area contributed by atoms with Crippen LogP contribution in [0.2, 0.25) is 0 Å². The second kappa shape index (κ2) is 5.76. The maximum absolute atomic E-state index is 5.34. The lowest BCUT2D eigenvalue weighted by atomic mass is 9.88. The molecule has 1 fully saturated rings. The molecule has 2 aromatic rings. The van der Waals surface area contributed by atoms with E-state index in [-0.39, 0.29) is 0 Å². The molecule has 1 unspecified atom stereocenters. The van der Waals surface area contributed by atoms with Gasteiger partial charge >= 0.3 is 0 Å². The molecule has 4 heteroatoms. The van der Waals surface area contributed by atoms with Crippen molar-refractivity contribution in [1.82, 2.24) is 15.5 Å². The average molecular weight is 297 g/mol. The van der Waals surface area contributed by atoms with Crippen LogP contribution in [0.1, 0.15) is 47.7 Å². The van der Waals surface area contributed by atoms with E-state index in [4.69, 9.17) is 4.74 Å². The fraction of sp³-hybridized carbons (Fsp3) is 0.500. The Bertz CT molecular complexity index is 660. The Labute approximate surface area is 131 Å². The third-order valence-corrected chi connectivity index (χ3v) is 4.87. The van der Waals surface area contributed by atoms with Gasteiger partial charge in [0.25, 0.3) is 0 Å². The first-order chi connectivity index (χ1) is 10.8. The van der Waals surface area contributed by atoms with Gasteiger partial charge in [-0.2, -0.15) is 5.10 Å². The SMILES string of the molecule is COc1ccc2c(c1)CC(NCc1cc(C3CC3)n[nH]1)CC2. The van der Waals surface area contributed by atoms with Crippen molar-refractivity contribution in [2.24, 2.45) is 0 Å². The summed E-state index contributed by atoms with van der Waals surface area (Å²) in [5, 5.41) is 11.3. The van der Waals surface area contributed by atoms with Gasteiger partial charge < -0.3 is 10.1 Å². The summed E-state index contributed by atoms with van der Waals surface area (Å²) in [6, 6.07) is 9.22. The lowest BCUT2D eigenvalue weighted by molar-refractivity contribution is 0.410. The summed E-state index contributed by atoms with van der Waals surface area (Å²) in [6.07, 6.45) is 6.03. The number of ether oxygens (including phenoxy) is 1. The van der Waals surface area contributed by atoms with E-state index in [1.165, 1.54) is 41.8 Å². The third-order valence-electron chi connectivity index (χ3n) is 4.87. The first-order valence-corrected chi connectivity index (χ1v) is 8.25. The topological polar surface area (TPSA) is 49.9 Å². The van der Waals surface area contributed by atoms with Gasteiger partial charge in [-0.25, -0.2) is 0 Å². The van der Waals surface area contributed by atoms with Crippen molar-refractivity contribution in [3.05, 3.63) is 46.8 Å². The molecule has 2 N–H and O–H groups in total. The normalized spacial score (nSPS) is 20.7. The quantitative estimate of drug-likeness (QED) is 0.892. The Hall–Kier alpha value is -1.81.